The van der Waals surface area contributed by atoms with Gasteiger partial charge in [-0.2, -0.15) is 0 Å². The minimum absolute atomic E-state index is 0.304. The summed E-state index contributed by atoms with van der Waals surface area (Å²) in [6.45, 7) is 2.45. The molecule has 0 saturated carbocycles. The second kappa shape index (κ2) is 8.22. The number of hydrogen-bond acceptors (Lipinski definition) is 4. The van der Waals surface area contributed by atoms with Crippen molar-refractivity contribution in [2.75, 3.05) is 5.75 Å². The van der Waals surface area contributed by atoms with Crippen molar-refractivity contribution in [1.29, 1.82) is 0 Å². The molecule has 0 radical (unpaired) electrons. The van der Waals surface area contributed by atoms with Gasteiger partial charge in [0.25, 0.3) is 0 Å². The summed E-state index contributed by atoms with van der Waals surface area (Å²) in [6, 6.07) is 17.5. The van der Waals surface area contributed by atoms with E-state index in [0.29, 0.717) is 17.4 Å². The molecular weight excluding hydrogens is 342 g/mol. The topological polar surface area (TPSA) is 39.9 Å². The average molecular weight is 360 g/mol. The molecule has 24 heavy (non-hydrogen) atoms. The van der Waals surface area contributed by atoms with E-state index in [1.54, 1.807) is 17.8 Å². The molecule has 2 aromatic carbocycles. The number of aromatic nitrogens is 3. The van der Waals surface area contributed by atoms with Crippen LogP contribution in [0.1, 0.15) is 19.2 Å². The Balaban J connectivity index is 1.87. The van der Waals surface area contributed by atoms with Gasteiger partial charge in [0.2, 0.25) is 0 Å². The maximum Gasteiger partial charge on any atom is 0.195 e. The summed E-state index contributed by atoms with van der Waals surface area (Å²) in [4.78, 5) is 0. The van der Waals surface area contributed by atoms with Crippen LogP contribution in [-0.2, 0) is 6.61 Å². The van der Waals surface area contributed by atoms with Gasteiger partial charge in [0.15, 0.2) is 11.0 Å². The molecule has 0 saturated heterocycles. The van der Waals surface area contributed by atoms with Crippen LogP contribution in [0, 0.1) is 0 Å². The van der Waals surface area contributed by atoms with E-state index in [9.17, 15) is 0 Å². The molecule has 3 aromatic rings. The van der Waals surface area contributed by atoms with Crippen LogP contribution in [-0.4, -0.2) is 20.5 Å². The molecule has 4 nitrogen and oxygen atoms in total. The lowest BCUT2D eigenvalue weighted by molar-refractivity contribution is 0.293. The quantitative estimate of drug-likeness (QED) is 0.556. The number of benzene rings is 2. The Labute approximate surface area is 150 Å². The SMILES string of the molecule is CCCSc1nnc(COc2ccccc2Cl)n1-c1ccccc1. The molecule has 0 amide bonds. The van der Waals surface area contributed by atoms with Crippen molar-refractivity contribution in [3.63, 3.8) is 0 Å². The molecule has 6 heteroatoms. The van der Waals surface area contributed by atoms with Crippen molar-refractivity contribution >= 4 is 23.4 Å². The highest BCUT2D eigenvalue weighted by Crippen LogP contribution is 2.26. The molecule has 0 spiro atoms. The predicted octanol–water partition coefficient (Wildman–Crippen LogP) is 5.00. The van der Waals surface area contributed by atoms with Crippen LogP contribution < -0.4 is 4.74 Å². The van der Waals surface area contributed by atoms with Crippen LogP contribution >= 0.6 is 23.4 Å². The van der Waals surface area contributed by atoms with Crippen LogP contribution in [0.4, 0.5) is 0 Å². The fourth-order valence-electron chi connectivity index (χ4n) is 2.22. The lowest BCUT2D eigenvalue weighted by atomic mass is 10.3. The Morgan fingerprint density at radius 1 is 1.04 bits per heavy atom. The monoisotopic (exact) mass is 359 g/mol. The van der Waals surface area contributed by atoms with E-state index in [2.05, 4.69) is 17.1 Å². The number of hydrogen-bond donors (Lipinski definition) is 0. The van der Waals surface area contributed by atoms with E-state index in [4.69, 9.17) is 16.3 Å². The Hall–Kier alpha value is -1.98. The fraction of sp³-hybridized carbons (Fsp3) is 0.222. The van der Waals surface area contributed by atoms with Gasteiger partial charge in [-0.25, -0.2) is 0 Å². The van der Waals surface area contributed by atoms with Gasteiger partial charge in [0, 0.05) is 11.4 Å². The lowest BCUT2D eigenvalue weighted by Gasteiger charge is -2.11. The summed E-state index contributed by atoms with van der Waals surface area (Å²) in [5, 5.41) is 10.1. The molecule has 0 atom stereocenters. The summed E-state index contributed by atoms with van der Waals surface area (Å²) in [7, 11) is 0. The molecule has 0 aliphatic carbocycles. The van der Waals surface area contributed by atoms with Gasteiger partial charge in [-0.15, -0.1) is 10.2 Å². The largest absolute Gasteiger partial charge is 0.484 e. The first-order valence-electron chi connectivity index (χ1n) is 7.79. The zero-order valence-corrected chi connectivity index (χ0v) is 14.9. The van der Waals surface area contributed by atoms with Gasteiger partial charge in [0.05, 0.1) is 5.02 Å². The highest BCUT2D eigenvalue weighted by molar-refractivity contribution is 7.99. The van der Waals surface area contributed by atoms with Gasteiger partial charge in [-0.1, -0.05) is 60.6 Å². The zero-order chi connectivity index (χ0) is 16.8. The Morgan fingerprint density at radius 3 is 2.54 bits per heavy atom. The van der Waals surface area contributed by atoms with Crippen LogP contribution in [0.25, 0.3) is 5.69 Å². The van der Waals surface area contributed by atoms with Crippen molar-refractivity contribution in [1.82, 2.24) is 14.8 Å². The van der Waals surface area contributed by atoms with Crippen LogP contribution in [0.3, 0.4) is 0 Å². The van der Waals surface area contributed by atoms with E-state index in [0.717, 1.165) is 28.8 Å². The minimum Gasteiger partial charge on any atom is -0.484 e. The molecule has 1 aromatic heterocycles. The molecule has 0 N–H and O–H groups in total. The third kappa shape index (κ3) is 3.91. The lowest BCUT2D eigenvalue weighted by Crippen LogP contribution is -2.06. The molecule has 0 unspecified atom stereocenters. The number of nitrogens with zero attached hydrogens (tertiary/aromatic N) is 3. The number of rotatable bonds is 7. The second-order valence-corrected chi connectivity index (χ2v) is 6.61. The van der Waals surface area contributed by atoms with Gasteiger partial charge in [0.1, 0.15) is 12.4 Å². The first-order valence-corrected chi connectivity index (χ1v) is 9.15. The van der Waals surface area contributed by atoms with Crippen LogP contribution in [0.15, 0.2) is 59.8 Å². The smallest absolute Gasteiger partial charge is 0.195 e. The van der Waals surface area contributed by atoms with Gasteiger partial charge < -0.3 is 4.74 Å². The summed E-state index contributed by atoms with van der Waals surface area (Å²) in [5.41, 5.74) is 1.03. The van der Waals surface area contributed by atoms with E-state index in [1.807, 2.05) is 53.1 Å². The first kappa shape index (κ1) is 16.9. The van der Waals surface area contributed by atoms with Crippen LogP contribution in [0.5, 0.6) is 5.75 Å². The minimum atomic E-state index is 0.304. The average Bonchev–Trinajstić information content (AvgIpc) is 3.03. The number of thioether (sulfide) groups is 1. The first-order chi connectivity index (χ1) is 11.8. The zero-order valence-electron chi connectivity index (χ0n) is 13.4. The summed E-state index contributed by atoms with van der Waals surface area (Å²) < 4.78 is 7.88. The maximum atomic E-state index is 6.15. The van der Waals surface area contributed by atoms with Gasteiger partial charge in [-0.3, -0.25) is 4.57 Å². The van der Waals surface area contributed by atoms with Crippen molar-refractivity contribution in [2.45, 2.75) is 25.1 Å². The van der Waals surface area contributed by atoms with E-state index in [1.165, 1.54) is 0 Å². The van der Waals surface area contributed by atoms with Crippen molar-refractivity contribution in [3.8, 4) is 11.4 Å². The molecule has 0 bridgehead atoms. The second-order valence-electron chi connectivity index (χ2n) is 5.14. The normalized spacial score (nSPS) is 10.8. The third-order valence-corrected chi connectivity index (χ3v) is 4.79. The van der Waals surface area contributed by atoms with Gasteiger partial charge >= 0.3 is 0 Å². The molecule has 3 rings (SSSR count). The Morgan fingerprint density at radius 2 is 1.79 bits per heavy atom. The molecule has 124 valence electrons. The number of ether oxygens (including phenoxy) is 1. The van der Waals surface area contributed by atoms with E-state index in [-0.39, 0.29) is 0 Å². The molecular formula is C18H18ClN3OS. The van der Waals surface area contributed by atoms with Gasteiger partial charge in [-0.05, 0) is 30.7 Å². The highest BCUT2D eigenvalue weighted by atomic mass is 35.5. The van der Waals surface area contributed by atoms with Crippen LogP contribution in [0.2, 0.25) is 5.02 Å². The maximum absolute atomic E-state index is 6.15. The third-order valence-electron chi connectivity index (χ3n) is 3.34. The fourth-order valence-corrected chi connectivity index (χ4v) is 3.24. The summed E-state index contributed by atoms with van der Waals surface area (Å²) in [6.07, 6.45) is 1.08. The molecule has 0 fully saturated rings. The Bertz CT molecular complexity index is 792. The number of halogens is 1. The molecule has 1 heterocycles. The summed E-state index contributed by atoms with van der Waals surface area (Å²) >= 11 is 7.84. The van der Waals surface area contributed by atoms with E-state index >= 15 is 0 Å². The molecule has 0 aliphatic heterocycles. The van der Waals surface area contributed by atoms with Crippen molar-refractivity contribution in [3.05, 3.63) is 65.4 Å². The number of para-hydroxylation sites is 2. The van der Waals surface area contributed by atoms with E-state index < -0.39 is 0 Å². The summed E-state index contributed by atoms with van der Waals surface area (Å²) in [5.74, 6) is 2.39. The highest BCUT2D eigenvalue weighted by Gasteiger charge is 2.15. The standard InChI is InChI=1S/C18H18ClN3OS/c1-2-12-24-18-21-20-17(22(18)14-8-4-3-5-9-14)13-23-16-11-7-6-10-15(16)19/h3-11H,2,12-13H2,1H3. The molecule has 0 aliphatic rings. The van der Waals surface area contributed by atoms with Crippen molar-refractivity contribution < 1.29 is 4.74 Å². The predicted molar refractivity (Wildman–Crippen MR) is 98.2 cm³/mol. The Kier molecular flexibility index (Phi) is 5.77. The van der Waals surface area contributed by atoms with Crippen molar-refractivity contribution in [2.24, 2.45) is 0 Å².